The Kier molecular flexibility index (Phi) is 7.10. The number of esters is 1. The number of hydrogen-bond acceptors (Lipinski definition) is 5. The summed E-state index contributed by atoms with van der Waals surface area (Å²) in [5.74, 6) is -0.174. The fourth-order valence-electron chi connectivity index (χ4n) is 3.06. The summed E-state index contributed by atoms with van der Waals surface area (Å²) in [7, 11) is 5.48. The number of carbonyl (C=O) groups excluding carboxylic acids is 1. The topological polar surface area (TPSA) is 44.8 Å². The lowest BCUT2D eigenvalue weighted by atomic mass is 9.95. The number of nitrogens with zero attached hydrogens (tertiary/aromatic N) is 2. The number of methoxy groups -OCH3 is 1. The third-order valence-corrected chi connectivity index (χ3v) is 5.02. The van der Waals surface area contributed by atoms with Crippen LogP contribution >= 0.6 is 0 Å². The van der Waals surface area contributed by atoms with Crippen molar-refractivity contribution in [3.8, 4) is 0 Å². The van der Waals surface area contributed by atoms with Crippen LogP contribution in [0.15, 0.2) is 0 Å². The van der Waals surface area contributed by atoms with Crippen LogP contribution in [0.4, 0.5) is 0 Å². The molecule has 1 heterocycles. The number of hydrogen-bond donors (Lipinski definition) is 1. The molecule has 124 valence electrons. The van der Waals surface area contributed by atoms with Gasteiger partial charge in [-0.3, -0.25) is 9.69 Å². The quantitative estimate of drug-likeness (QED) is 0.568. The lowest BCUT2D eigenvalue weighted by molar-refractivity contribution is -0.148. The van der Waals surface area contributed by atoms with E-state index in [0.717, 1.165) is 38.9 Å². The van der Waals surface area contributed by atoms with Gasteiger partial charge in [-0.2, -0.15) is 0 Å². The second kappa shape index (κ2) is 8.11. The predicted octanol–water partition coefficient (Wildman–Crippen LogP) is 1.33. The monoisotopic (exact) mass is 299 g/mol. The van der Waals surface area contributed by atoms with Gasteiger partial charge >= 0.3 is 5.97 Å². The Morgan fingerprint density at radius 1 is 1.29 bits per heavy atom. The highest BCUT2D eigenvalue weighted by molar-refractivity contribution is 5.80. The second-order valence-corrected chi connectivity index (χ2v) is 6.65. The SMILES string of the molecule is CNC(C)(CCCCN1CC(C)N(C)C(C)C1)C(=O)OC. The third kappa shape index (κ3) is 4.94. The number of piperazine rings is 1. The van der Waals surface area contributed by atoms with Gasteiger partial charge in [0.2, 0.25) is 0 Å². The molecule has 0 spiro atoms. The number of rotatable bonds is 7. The normalized spacial score (nSPS) is 27.3. The largest absolute Gasteiger partial charge is 0.468 e. The van der Waals surface area contributed by atoms with E-state index in [9.17, 15) is 4.79 Å². The van der Waals surface area contributed by atoms with Gasteiger partial charge in [0.1, 0.15) is 5.54 Å². The highest BCUT2D eigenvalue weighted by Crippen LogP contribution is 2.17. The molecular formula is C16H33N3O2. The minimum absolute atomic E-state index is 0.174. The van der Waals surface area contributed by atoms with Crippen molar-refractivity contribution in [2.24, 2.45) is 0 Å². The van der Waals surface area contributed by atoms with Gasteiger partial charge in [0, 0.05) is 25.2 Å². The molecule has 3 unspecified atom stereocenters. The lowest BCUT2D eigenvalue weighted by Gasteiger charge is -2.42. The highest BCUT2D eigenvalue weighted by atomic mass is 16.5. The first-order valence-corrected chi connectivity index (χ1v) is 8.05. The number of ether oxygens (including phenoxy) is 1. The molecule has 1 aliphatic heterocycles. The fraction of sp³-hybridized carbons (Fsp3) is 0.938. The number of likely N-dealkylation sites (N-methyl/N-ethyl adjacent to an activating group) is 2. The molecule has 5 nitrogen and oxygen atoms in total. The van der Waals surface area contributed by atoms with Gasteiger partial charge in [-0.15, -0.1) is 0 Å². The Labute approximate surface area is 130 Å². The van der Waals surface area contributed by atoms with E-state index >= 15 is 0 Å². The third-order valence-electron chi connectivity index (χ3n) is 5.02. The molecule has 1 saturated heterocycles. The summed E-state index contributed by atoms with van der Waals surface area (Å²) >= 11 is 0. The van der Waals surface area contributed by atoms with Crippen molar-refractivity contribution in [1.29, 1.82) is 0 Å². The Balaban J connectivity index is 2.32. The van der Waals surface area contributed by atoms with E-state index < -0.39 is 5.54 Å². The van der Waals surface area contributed by atoms with E-state index in [4.69, 9.17) is 4.74 Å². The van der Waals surface area contributed by atoms with Crippen molar-refractivity contribution in [2.45, 2.75) is 57.7 Å². The van der Waals surface area contributed by atoms with Gasteiger partial charge < -0.3 is 15.0 Å². The summed E-state index contributed by atoms with van der Waals surface area (Å²) < 4.78 is 4.88. The summed E-state index contributed by atoms with van der Waals surface area (Å²) in [4.78, 5) is 16.8. The summed E-state index contributed by atoms with van der Waals surface area (Å²) in [5.41, 5.74) is -0.558. The number of unbranched alkanes of at least 4 members (excludes halogenated alkanes) is 1. The molecule has 1 fully saturated rings. The van der Waals surface area contributed by atoms with Crippen LogP contribution < -0.4 is 5.32 Å². The summed E-state index contributed by atoms with van der Waals surface area (Å²) in [6.07, 6.45) is 2.97. The van der Waals surface area contributed by atoms with E-state index in [1.807, 2.05) is 14.0 Å². The van der Waals surface area contributed by atoms with Gasteiger partial charge in [-0.1, -0.05) is 0 Å². The van der Waals surface area contributed by atoms with Crippen LogP contribution in [0.2, 0.25) is 0 Å². The maximum Gasteiger partial charge on any atom is 0.325 e. The zero-order valence-corrected chi connectivity index (χ0v) is 14.6. The molecule has 1 rings (SSSR count). The molecule has 0 amide bonds. The Bertz CT molecular complexity index is 325. The van der Waals surface area contributed by atoms with E-state index in [-0.39, 0.29) is 5.97 Å². The van der Waals surface area contributed by atoms with Gasteiger partial charge in [0.05, 0.1) is 7.11 Å². The van der Waals surface area contributed by atoms with Crippen molar-refractivity contribution in [3.63, 3.8) is 0 Å². The molecule has 0 radical (unpaired) electrons. The van der Waals surface area contributed by atoms with Crippen LogP contribution in [0.3, 0.4) is 0 Å². The number of carbonyl (C=O) groups is 1. The van der Waals surface area contributed by atoms with Gasteiger partial charge in [-0.25, -0.2) is 0 Å². The van der Waals surface area contributed by atoms with Crippen LogP contribution in [0.5, 0.6) is 0 Å². The molecule has 0 bridgehead atoms. The van der Waals surface area contributed by atoms with Crippen LogP contribution in [0.25, 0.3) is 0 Å². The van der Waals surface area contributed by atoms with Crippen molar-refractivity contribution >= 4 is 5.97 Å². The maximum atomic E-state index is 11.8. The minimum atomic E-state index is -0.558. The van der Waals surface area contributed by atoms with Gasteiger partial charge in [-0.05, 0) is 60.7 Å². The number of nitrogens with one attached hydrogen (secondary N) is 1. The first-order valence-electron chi connectivity index (χ1n) is 8.05. The Morgan fingerprint density at radius 3 is 2.33 bits per heavy atom. The van der Waals surface area contributed by atoms with Crippen molar-refractivity contribution in [2.75, 3.05) is 40.8 Å². The first-order chi connectivity index (χ1) is 9.84. The zero-order valence-electron chi connectivity index (χ0n) is 14.6. The second-order valence-electron chi connectivity index (χ2n) is 6.65. The predicted molar refractivity (Wildman–Crippen MR) is 86.5 cm³/mol. The van der Waals surface area contributed by atoms with Gasteiger partial charge in [0.15, 0.2) is 0 Å². The Hall–Kier alpha value is -0.650. The molecule has 0 aromatic rings. The smallest absolute Gasteiger partial charge is 0.325 e. The average molecular weight is 299 g/mol. The Morgan fingerprint density at radius 2 is 1.86 bits per heavy atom. The lowest BCUT2D eigenvalue weighted by Crippen LogP contribution is -2.55. The summed E-state index contributed by atoms with van der Waals surface area (Å²) in [6.45, 7) is 9.89. The van der Waals surface area contributed by atoms with Crippen LogP contribution in [-0.2, 0) is 9.53 Å². The molecule has 5 heteroatoms. The molecule has 1 N–H and O–H groups in total. The van der Waals surface area contributed by atoms with Crippen LogP contribution in [-0.4, -0.2) is 74.2 Å². The minimum Gasteiger partial charge on any atom is -0.468 e. The van der Waals surface area contributed by atoms with Crippen LogP contribution in [0, 0.1) is 0 Å². The average Bonchev–Trinajstić information content (AvgIpc) is 2.47. The zero-order chi connectivity index (χ0) is 16.0. The fourth-order valence-corrected chi connectivity index (χ4v) is 3.06. The van der Waals surface area contributed by atoms with E-state index in [1.165, 1.54) is 7.11 Å². The molecule has 1 aliphatic rings. The van der Waals surface area contributed by atoms with E-state index in [2.05, 4.69) is 36.0 Å². The molecule has 0 aromatic carbocycles. The molecule has 3 atom stereocenters. The van der Waals surface area contributed by atoms with Crippen molar-refractivity contribution < 1.29 is 9.53 Å². The summed E-state index contributed by atoms with van der Waals surface area (Å²) in [5, 5.41) is 3.09. The van der Waals surface area contributed by atoms with Crippen molar-refractivity contribution in [3.05, 3.63) is 0 Å². The molecular weight excluding hydrogens is 266 g/mol. The molecule has 0 aliphatic carbocycles. The highest BCUT2D eigenvalue weighted by Gasteiger charge is 2.32. The molecule has 0 aromatic heterocycles. The molecule has 21 heavy (non-hydrogen) atoms. The standard InChI is InChI=1S/C16H33N3O2/c1-13-11-19(12-14(2)18(13)5)10-8-7-9-16(3,17-4)15(20)21-6/h13-14,17H,7-12H2,1-6H3. The van der Waals surface area contributed by atoms with E-state index in [0.29, 0.717) is 12.1 Å². The maximum absolute atomic E-state index is 11.8. The van der Waals surface area contributed by atoms with E-state index in [1.54, 1.807) is 0 Å². The first kappa shape index (κ1) is 18.4. The summed E-state index contributed by atoms with van der Waals surface area (Å²) in [6, 6.07) is 1.23. The van der Waals surface area contributed by atoms with Gasteiger partial charge in [0.25, 0.3) is 0 Å². The van der Waals surface area contributed by atoms with Crippen molar-refractivity contribution in [1.82, 2.24) is 15.1 Å². The van der Waals surface area contributed by atoms with Crippen LogP contribution in [0.1, 0.15) is 40.0 Å². The molecule has 0 saturated carbocycles.